The molecule has 1 amide bonds. The van der Waals surface area contributed by atoms with Gasteiger partial charge in [0, 0.05) is 23.4 Å². The summed E-state index contributed by atoms with van der Waals surface area (Å²) in [5, 5.41) is 1.32. The molecule has 0 bridgehead atoms. The summed E-state index contributed by atoms with van der Waals surface area (Å²) in [4.78, 5) is 13.8. The van der Waals surface area contributed by atoms with Gasteiger partial charge in [0.15, 0.2) is 6.61 Å². The van der Waals surface area contributed by atoms with E-state index in [2.05, 4.69) is 15.9 Å². The number of hydrogen-bond donors (Lipinski definition) is 0. The van der Waals surface area contributed by atoms with Crippen molar-refractivity contribution < 1.29 is 14.3 Å². The van der Waals surface area contributed by atoms with Crippen LogP contribution in [0.25, 0.3) is 0 Å². The maximum Gasteiger partial charge on any atom is 0.260 e. The first-order valence-electron chi connectivity index (χ1n) is 6.03. The number of rotatable bonds is 4. The van der Waals surface area contributed by atoms with E-state index in [1.54, 1.807) is 29.2 Å². The Labute approximate surface area is 125 Å². The third kappa shape index (κ3) is 4.37. The zero-order chi connectivity index (χ0) is 13.7. The van der Waals surface area contributed by atoms with Gasteiger partial charge in [0.2, 0.25) is 0 Å². The van der Waals surface area contributed by atoms with E-state index in [1.807, 2.05) is 0 Å². The molecule has 0 N–H and O–H groups in total. The summed E-state index contributed by atoms with van der Waals surface area (Å²) in [6, 6.07) is 7.02. The van der Waals surface area contributed by atoms with Crippen LogP contribution in [0.15, 0.2) is 24.3 Å². The fraction of sp³-hybridized carbons (Fsp3) is 0.462. The lowest BCUT2D eigenvalue weighted by Crippen LogP contribution is -2.47. The molecule has 0 spiro atoms. The van der Waals surface area contributed by atoms with E-state index in [4.69, 9.17) is 21.1 Å². The second-order valence-electron chi connectivity index (χ2n) is 4.23. The van der Waals surface area contributed by atoms with Gasteiger partial charge in [-0.2, -0.15) is 0 Å². The van der Waals surface area contributed by atoms with Gasteiger partial charge in [-0.3, -0.25) is 4.79 Å². The summed E-state index contributed by atoms with van der Waals surface area (Å²) >= 11 is 9.21. The second kappa shape index (κ2) is 7.12. The van der Waals surface area contributed by atoms with Gasteiger partial charge < -0.3 is 14.4 Å². The Bertz CT molecular complexity index is 444. The highest BCUT2D eigenvalue weighted by atomic mass is 79.9. The molecule has 0 saturated carbocycles. The topological polar surface area (TPSA) is 38.8 Å². The van der Waals surface area contributed by atoms with Crippen LogP contribution in [0.2, 0.25) is 5.02 Å². The van der Waals surface area contributed by atoms with Crippen LogP contribution in [0.1, 0.15) is 0 Å². The van der Waals surface area contributed by atoms with Crippen LogP contribution in [0, 0.1) is 0 Å². The Morgan fingerprint density at radius 1 is 1.58 bits per heavy atom. The first-order chi connectivity index (χ1) is 9.19. The van der Waals surface area contributed by atoms with Crippen LogP contribution < -0.4 is 4.74 Å². The molecule has 2 rings (SSSR count). The van der Waals surface area contributed by atoms with Crippen LogP contribution in [0.3, 0.4) is 0 Å². The number of halogens is 2. The van der Waals surface area contributed by atoms with E-state index < -0.39 is 0 Å². The van der Waals surface area contributed by atoms with Crippen LogP contribution in [-0.4, -0.2) is 48.5 Å². The van der Waals surface area contributed by atoms with E-state index in [9.17, 15) is 4.79 Å². The van der Waals surface area contributed by atoms with Crippen LogP contribution in [-0.2, 0) is 9.53 Å². The van der Waals surface area contributed by atoms with Crippen LogP contribution in [0.4, 0.5) is 0 Å². The van der Waals surface area contributed by atoms with Crippen molar-refractivity contribution in [3.8, 4) is 5.75 Å². The van der Waals surface area contributed by atoms with Crippen LogP contribution >= 0.6 is 27.5 Å². The largest absolute Gasteiger partial charge is 0.484 e. The van der Waals surface area contributed by atoms with Crippen molar-refractivity contribution in [1.82, 2.24) is 4.90 Å². The SMILES string of the molecule is O=C(COc1cccc(Cl)c1)N1CCOC(CBr)C1. The number of carbonyl (C=O) groups is 1. The zero-order valence-electron chi connectivity index (χ0n) is 10.4. The standard InChI is InChI=1S/C13H15BrClNO3/c14-7-12-8-16(4-5-18-12)13(17)9-19-11-3-1-2-10(15)6-11/h1-3,6,12H,4-5,7-9H2. The van der Waals surface area contributed by atoms with Crippen LogP contribution in [0.5, 0.6) is 5.75 Å². The second-order valence-corrected chi connectivity index (χ2v) is 5.32. The van der Waals surface area contributed by atoms with Crippen molar-refractivity contribution in [2.45, 2.75) is 6.10 Å². The van der Waals surface area contributed by atoms with E-state index in [-0.39, 0.29) is 18.6 Å². The molecule has 4 nitrogen and oxygen atoms in total. The van der Waals surface area contributed by atoms with Crippen molar-refractivity contribution in [2.24, 2.45) is 0 Å². The highest BCUT2D eigenvalue weighted by molar-refractivity contribution is 9.09. The number of hydrogen-bond acceptors (Lipinski definition) is 3. The van der Waals surface area contributed by atoms with Gasteiger partial charge in [0.05, 0.1) is 12.7 Å². The lowest BCUT2D eigenvalue weighted by Gasteiger charge is -2.32. The summed E-state index contributed by atoms with van der Waals surface area (Å²) in [7, 11) is 0. The van der Waals surface area contributed by atoms with Gasteiger partial charge in [-0.05, 0) is 18.2 Å². The molecule has 1 atom stereocenters. The third-order valence-corrected chi connectivity index (χ3v) is 3.78. The van der Waals surface area contributed by atoms with Crippen molar-refractivity contribution in [2.75, 3.05) is 31.6 Å². The minimum absolute atomic E-state index is 0.0232. The van der Waals surface area contributed by atoms with E-state index in [0.717, 1.165) is 5.33 Å². The Morgan fingerprint density at radius 3 is 3.16 bits per heavy atom. The number of amides is 1. The van der Waals surface area contributed by atoms with Crippen molar-refractivity contribution in [3.63, 3.8) is 0 Å². The molecule has 19 heavy (non-hydrogen) atoms. The van der Waals surface area contributed by atoms with Crippen molar-refractivity contribution >= 4 is 33.4 Å². The summed E-state index contributed by atoms with van der Waals surface area (Å²) < 4.78 is 10.9. The zero-order valence-corrected chi connectivity index (χ0v) is 12.7. The Balaban J connectivity index is 1.84. The molecule has 0 aromatic heterocycles. The predicted molar refractivity (Wildman–Crippen MR) is 77.1 cm³/mol. The van der Waals surface area contributed by atoms with Gasteiger partial charge >= 0.3 is 0 Å². The molecular weight excluding hydrogens is 334 g/mol. The fourth-order valence-corrected chi connectivity index (χ4v) is 2.40. The molecule has 1 aromatic carbocycles. The number of alkyl halides is 1. The lowest BCUT2D eigenvalue weighted by molar-refractivity contribution is -0.140. The Kier molecular flexibility index (Phi) is 5.48. The maximum atomic E-state index is 12.0. The van der Waals surface area contributed by atoms with E-state index in [1.165, 1.54) is 0 Å². The molecular formula is C13H15BrClNO3. The number of carbonyl (C=O) groups excluding carboxylic acids is 1. The number of morpholine rings is 1. The third-order valence-electron chi connectivity index (χ3n) is 2.82. The molecule has 1 saturated heterocycles. The average Bonchev–Trinajstić information content (AvgIpc) is 2.45. The molecule has 1 fully saturated rings. The fourth-order valence-electron chi connectivity index (χ4n) is 1.83. The molecule has 1 heterocycles. The average molecular weight is 349 g/mol. The molecule has 1 aliphatic heterocycles. The maximum absolute atomic E-state index is 12.0. The molecule has 1 aromatic rings. The van der Waals surface area contributed by atoms with E-state index in [0.29, 0.717) is 30.5 Å². The van der Waals surface area contributed by atoms with E-state index >= 15 is 0 Å². The molecule has 0 radical (unpaired) electrons. The molecule has 1 unspecified atom stereocenters. The smallest absolute Gasteiger partial charge is 0.260 e. The first kappa shape index (κ1) is 14.6. The summed E-state index contributed by atoms with van der Waals surface area (Å²) in [6.45, 7) is 1.80. The van der Waals surface area contributed by atoms with Gasteiger partial charge in [0.25, 0.3) is 5.91 Å². The lowest BCUT2D eigenvalue weighted by atomic mass is 10.3. The van der Waals surface area contributed by atoms with Crippen molar-refractivity contribution in [3.05, 3.63) is 29.3 Å². The highest BCUT2D eigenvalue weighted by Crippen LogP contribution is 2.17. The number of nitrogens with zero attached hydrogens (tertiary/aromatic N) is 1. The van der Waals surface area contributed by atoms with Gasteiger partial charge in [-0.15, -0.1) is 0 Å². The highest BCUT2D eigenvalue weighted by Gasteiger charge is 2.23. The van der Waals surface area contributed by atoms with Crippen molar-refractivity contribution in [1.29, 1.82) is 0 Å². The van der Waals surface area contributed by atoms with Gasteiger partial charge in [-0.25, -0.2) is 0 Å². The monoisotopic (exact) mass is 347 g/mol. The Hall–Kier alpha value is -0.780. The van der Waals surface area contributed by atoms with Gasteiger partial charge in [0.1, 0.15) is 5.75 Å². The summed E-state index contributed by atoms with van der Waals surface area (Å²) in [6.07, 6.45) is 0.0591. The number of ether oxygens (including phenoxy) is 2. The van der Waals surface area contributed by atoms with Gasteiger partial charge in [-0.1, -0.05) is 33.6 Å². The predicted octanol–water partition coefficient (Wildman–Crippen LogP) is 2.34. The quantitative estimate of drug-likeness (QED) is 0.784. The number of benzene rings is 1. The molecule has 104 valence electrons. The summed E-state index contributed by atoms with van der Waals surface area (Å²) in [5.41, 5.74) is 0. The Morgan fingerprint density at radius 2 is 2.42 bits per heavy atom. The first-order valence-corrected chi connectivity index (χ1v) is 7.52. The summed E-state index contributed by atoms with van der Waals surface area (Å²) in [5.74, 6) is 0.570. The minimum Gasteiger partial charge on any atom is -0.484 e. The molecule has 0 aliphatic carbocycles. The normalized spacial score (nSPS) is 19.3. The minimum atomic E-state index is -0.0331. The molecule has 6 heteroatoms. The molecule has 1 aliphatic rings.